The van der Waals surface area contributed by atoms with E-state index in [4.69, 9.17) is 11.6 Å². The summed E-state index contributed by atoms with van der Waals surface area (Å²) in [5.74, 6) is 0. The molecule has 0 amide bonds. The fourth-order valence-corrected chi connectivity index (χ4v) is 1.22. The molecular formula is C8H6ClF2NO. The first-order chi connectivity index (χ1) is 6.07. The van der Waals surface area contributed by atoms with Crippen molar-refractivity contribution in [3.05, 3.63) is 28.0 Å². The second-order valence-corrected chi connectivity index (χ2v) is 2.84. The van der Waals surface area contributed by atoms with Crippen LogP contribution in [0.15, 0.2) is 6.20 Å². The SMILES string of the molecule is Cc1ncc(Cl)c(C(F)F)c1C=O. The molecule has 0 bridgehead atoms. The number of rotatable bonds is 2. The Labute approximate surface area is 78.5 Å². The monoisotopic (exact) mass is 205 g/mol. The molecule has 0 saturated heterocycles. The molecule has 1 aromatic heterocycles. The number of aryl methyl sites for hydroxylation is 1. The van der Waals surface area contributed by atoms with Gasteiger partial charge in [0.25, 0.3) is 6.43 Å². The maximum atomic E-state index is 12.4. The predicted molar refractivity (Wildman–Crippen MR) is 44.3 cm³/mol. The van der Waals surface area contributed by atoms with E-state index in [0.717, 1.165) is 6.20 Å². The lowest BCUT2D eigenvalue weighted by Gasteiger charge is -2.07. The smallest absolute Gasteiger partial charge is 0.266 e. The van der Waals surface area contributed by atoms with Crippen LogP contribution in [0.2, 0.25) is 5.02 Å². The summed E-state index contributed by atoms with van der Waals surface area (Å²) in [6, 6.07) is 0. The Kier molecular flexibility index (Phi) is 2.93. The van der Waals surface area contributed by atoms with Gasteiger partial charge in [-0.1, -0.05) is 11.6 Å². The van der Waals surface area contributed by atoms with Crippen LogP contribution >= 0.6 is 11.6 Å². The zero-order valence-corrected chi connectivity index (χ0v) is 7.48. The van der Waals surface area contributed by atoms with Crippen molar-refractivity contribution >= 4 is 17.9 Å². The number of halogens is 3. The number of carbonyl (C=O) groups excluding carboxylic acids is 1. The Morgan fingerprint density at radius 2 is 2.23 bits per heavy atom. The van der Waals surface area contributed by atoms with Crippen molar-refractivity contribution < 1.29 is 13.6 Å². The molecule has 0 spiro atoms. The minimum atomic E-state index is -2.76. The maximum absolute atomic E-state index is 12.4. The molecule has 0 unspecified atom stereocenters. The summed E-state index contributed by atoms with van der Waals surface area (Å²) in [5.41, 5.74) is -0.304. The third-order valence-corrected chi connectivity index (χ3v) is 1.95. The molecule has 0 radical (unpaired) electrons. The van der Waals surface area contributed by atoms with E-state index >= 15 is 0 Å². The third kappa shape index (κ3) is 1.83. The zero-order valence-electron chi connectivity index (χ0n) is 6.72. The Balaban J connectivity index is 3.43. The van der Waals surface area contributed by atoms with E-state index in [1.54, 1.807) is 0 Å². The lowest BCUT2D eigenvalue weighted by atomic mass is 10.1. The summed E-state index contributed by atoms with van der Waals surface area (Å²) in [4.78, 5) is 14.2. The molecule has 5 heteroatoms. The summed E-state index contributed by atoms with van der Waals surface area (Å²) in [7, 11) is 0. The first-order valence-corrected chi connectivity index (χ1v) is 3.84. The largest absolute Gasteiger partial charge is 0.298 e. The lowest BCUT2D eigenvalue weighted by molar-refractivity contribution is 0.110. The highest BCUT2D eigenvalue weighted by Crippen LogP contribution is 2.29. The van der Waals surface area contributed by atoms with E-state index in [1.807, 2.05) is 0 Å². The average Bonchev–Trinajstić information content (AvgIpc) is 2.07. The van der Waals surface area contributed by atoms with Gasteiger partial charge in [-0.2, -0.15) is 0 Å². The summed E-state index contributed by atoms with van der Waals surface area (Å²) < 4.78 is 24.8. The fourth-order valence-electron chi connectivity index (χ4n) is 0.987. The topological polar surface area (TPSA) is 30.0 Å². The van der Waals surface area contributed by atoms with Crippen LogP contribution < -0.4 is 0 Å². The van der Waals surface area contributed by atoms with E-state index in [0.29, 0.717) is 6.29 Å². The highest BCUT2D eigenvalue weighted by Gasteiger charge is 2.18. The number of carbonyl (C=O) groups is 1. The van der Waals surface area contributed by atoms with E-state index < -0.39 is 12.0 Å². The standard InChI is InChI=1S/C8H6ClF2NO/c1-4-5(3-13)7(8(10)11)6(9)2-12-4/h2-3,8H,1H3. The Bertz CT molecular complexity index is 341. The van der Waals surface area contributed by atoms with Crippen molar-refractivity contribution in [2.45, 2.75) is 13.3 Å². The Morgan fingerprint density at radius 3 is 2.62 bits per heavy atom. The number of alkyl halides is 2. The van der Waals surface area contributed by atoms with Crippen LogP contribution in [0.3, 0.4) is 0 Å². The van der Waals surface area contributed by atoms with Crippen molar-refractivity contribution in [3.8, 4) is 0 Å². The molecule has 0 aliphatic rings. The summed E-state index contributed by atoms with van der Waals surface area (Å²) in [5, 5.41) is -0.178. The molecule has 1 heterocycles. The van der Waals surface area contributed by atoms with Gasteiger partial charge in [-0.3, -0.25) is 9.78 Å². The number of hydrogen-bond donors (Lipinski definition) is 0. The van der Waals surface area contributed by atoms with Gasteiger partial charge in [0.05, 0.1) is 10.6 Å². The molecule has 1 aromatic rings. The first kappa shape index (κ1) is 10.1. The molecule has 13 heavy (non-hydrogen) atoms. The minimum Gasteiger partial charge on any atom is -0.298 e. The Hall–Kier alpha value is -1.03. The van der Waals surface area contributed by atoms with Crippen molar-refractivity contribution in [1.29, 1.82) is 0 Å². The molecule has 1 rings (SSSR count). The van der Waals surface area contributed by atoms with Crippen molar-refractivity contribution in [2.24, 2.45) is 0 Å². The zero-order chi connectivity index (χ0) is 10.0. The van der Waals surface area contributed by atoms with Crippen LogP contribution in [0.5, 0.6) is 0 Å². The van der Waals surface area contributed by atoms with Gasteiger partial charge in [0.1, 0.15) is 0 Å². The summed E-state index contributed by atoms with van der Waals surface area (Å²) >= 11 is 5.47. The number of pyridine rings is 1. The van der Waals surface area contributed by atoms with Gasteiger partial charge in [-0.05, 0) is 6.92 Å². The molecule has 0 atom stereocenters. The first-order valence-electron chi connectivity index (χ1n) is 3.46. The third-order valence-electron chi connectivity index (χ3n) is 1.64. The van der Waals surface area contributed by atoms with Gasteiger partial charge in [-0.25, -0.2) is 8.78 Å². The predicted octanol–water partition coefficient (Wildman–Crippen LogP) is 2.79. The number of hydrogen-bond acceptors (Lipinski definition) is 2. The fraction of sp³-hybridized carbons (Fsp3) is 0.250. The Morgan fingerprint density at radius 1 is 1.62 bits per heavy atom. The van der Waals surface area contributed by atoms with Gasteiger partial charge in [-0.15, -0.1) is 0 Å². The van der Waals surface area contributed by atoms with Gasteiger partial charge in [0, 0.05) is 17.5 Å². The maximum Gasteiger partial charge on any atom is 0.266 e. The summed E-state index contributed by atoms with van der Waals surface area (Å²) in [6.45, 7) is 1.48. The van der Waals surface area contributed by atoms with E-state index in [1.165, 1.54) is 6.92 Å². The van der Waals surface area contributed by atoms with Crippen LogP contribution in [-0.4, -0.2) is 11.3 Å². The van der Waals surface area contributed by atoms with E-state index in [-0.39, 0.29) is 16.3 Å². The van der Waals surface area contributed by atoms with Gasteiger partial charge >= 0.3 is 0 Å². The molecule has 0 aliphatic heterocycles. The second-order valence-electron chi connectivity index (χ2n) is 2.44. The van der Waals surface area contributed by atoms with Gasteiger partial charge in [0.2, 0.25) is 0 Å². The van der Waals surface area contributed by atoms with Crippen LogP contribution in [0.1, 0.15) is 28.0 Å². The molecule has 0 aromatic carbocycles. The lowest BCUT2D eigenvalue weighted by Crippen LogP contribution is -2.00. The molecule has 70 valence electrons. The summed E-state index contributed by atoms with van der Waals surface area (Å²) in [6.07, 6.45) is -1.30. The second kappa shape index (κ2) is 3.79. The van der Waals surface area contributed by atoms with Crippen LogP contribution in [0.25, 0.3) is 0 Å². The van der Waals surface area contributed by atoms with E-state index in [2.05, 4.69) is 4.98 Å². The highest BCUT2D eigenvalue weighted by atomic mass is 35.5. The number of aldehydes is 1. The van der Waals surface area contributed by atoms with Gasteiger partial charge in [0.15, 0.2) is 6.29 Å². The number of aromatic nitrogens is 1. The van der Waals surface area contributed by atoms with Crippen molar-refractivity contribution in [3.63, 3.8) is 0 Å². The highest BCUT2D eigenvalue weighted by molar-refractivity contribution is 6.31. The molecule has 0 N–H and O–H groups in total. The minimum absolute atomic E-state index is 0.123. The van der Waals surface area contributed by atoms with Gasteiger partial charge < -0.3 is 0 Å². The van der Waals surface area contributed by atoms with Crippen LogP contribution in [0, 0.1) is 6.92 Å². The normalized spacial score (nSPS) is 10.5. The van der Waals surface area contributed by atoms with Crippen molar-refractivity contribution in [2.75, 3.05) is 0 Å². The average molecular weight is 206 g/mol. The van der Waals surface area contributed by atoms with Crippen molar-refractivity contribution in [1.82, 2.24) is 4.98 Å². The quantitative estimate of drug-likeness (QED) is 0.695. The van der Waals surface area contributed by atoms with Crippen LogP contribution in [-0.2, 0) is 0 Å². The molecular weight excluding hydrogens is 200 g/mol. The molecule has 0 fully saturated rings. The number of nitrogens with zero attached hydrogens (tertiary/aromatic N) is 1. The van der Waals surface area contributed by atoms with E-state index in [9.17, 15) is 13.6 Å². The van der Waals surface area contributed by atoms with Crippen LogP contribution in [0.4, 0.5) is 8.78 Å². The molecule has 0 aliphatic carbocycles. The molecule has 0 saturated carbocycles. The molecule has 2 nitrogen and oxygen atoms in total.